The lowest BCUT2D eigenvalue weighted by molar-refractivity contribution is -0.137. The van der Waals surface area contributed by atoms with Gasteiger partial charge in [0, 0.05) is 19.0 Å². The summed E-state index contributed by atoms with van der Waals surface area (Å²) in [5.74, 6) is 3.01. The van der Waals surface area contributed by atoms with Gasteiger partial charge in [-0.05, 0) is 30.8 Å². The summed E-state index contributed by atoms with van der Waals surface area (Å²) >= 11 is 1.96. The van der Waals surface area contributed by atoms with E-state index < -0.39 is 0 Å². The molecule has 1 heterocycles. The molecule has 0 spiro atoms. The number of thioether (sulfide) groups is 1. The van der Waals surface area contributed by atoms with Crippen molar-refractivity contribution in [3.63, 3.8) is 0 Å². The van der Waals surface area contributed by atoms with Crippen LogP contribution in [0, 0.1) is 5.92 Å². The molecule has 1 aliphatic heterocycles. The molecular formula is C11H21NOS. The van der Waals surface area contributed by atoms with Crippen LogP contribution in [-0.2, 0) is 4.79 Å². The first-order chi connectivity index (χ1) is 6.75. The topological polar surface area (TPSA) is 20.3 Å². The fraction of sp³-hybridized carbons (Fsp3) is 0.909. The molecule has 0 radical (unpaired) electrons. The quantitative estimate of drug-likeness (QED) is 0.656. The van der Waals surface area contributed by atoms with Gasteiger partial charge in [-0.3, -0.25) is 4.79 Å². The molecule has 82 valence electrons. The molecule has 1 rings (SSSR count). The van der Waals surface area contributed by atoms with Gasteiger partial charge in [-0.2, -0.15) is 11.8 Å². The van der Waals surface area contributed by atoms with Crippen LogP contribution in [-0.4, -0.2) is 35.4 Å². The van der Waals surface area contributed by atoms with Crippen molar-refractivity contribution in [1.29, 1.82) is 0 Å². The zero-order chi connectivity index (χ0) is 10.4. The van der Waals surface area contributed by atoms with Crippen LogP contribution in [0.5, 0.6) is 0 Å². The minimum Gasteiger partial charge on any atom is -0.342 e. The van der Waals surface area contributed by atoms with E-state index in [2.05, 4.69) is 13.8 Å². The zero-order valence-electron chi connectivity index (χ0n) is 9.29. The number of hydrogen-bond donors (Lipinski definition) is 0. The molecular weight excluding hydrogens is 194 g/mol. The lowest BCUT2D eigenvalue weighted by atomic mass is 9.99. The van der Waals surface area contributed by atoms with Crippen LogP contribution in [0.25, 0.3) is 0 Å². The Balaban J connectivity index is 2.19. The van der Waals surface area contributed by atoms with Crippen molar-refractivity contribution in [3.05, 3.63) is 0 Å². The molecule has 1 aliphatic rings. The van der Waals surface area contributed by atoms with E-state index in [9.17, 15) is 4.79 Å². The summed E-state index contributed by atoms with van der Waals surface area (Å²) in [6.45, 7) is 6.18. The summed E-state index contributed by atoms with van der Waals surface area (Å²) < 4.78 is 0. The highest BCUT2D eigenvalue weighted by molar-refractivity contribution is 7.99. The predicted molar refractivity (Wildman–Crippen MR) is 62.6 cm³/mol. The molecule has 0 aromatic rings. The van der Waals surface area contributed by atoms with Crippen LogP contribution >= 0.6 is 11.8 Å². The van der Waals surface area contributed by atoms with E-state index in [1.807, 2.05) is 16.7 Å². The van der Waals surface area contributed by atoms with Crippen LogP contribution in [0.4, 0.5) is 0 Å². The number of nitrogens with zero attached hydrogens (tertiary/aromatic N) is 1. The van der Waals surface area contributed by atoms with E-state index in [1.165, 1.54) is 17.9 Å². The summed E-state index contributed by atoms with van der Waals surface area (Å²) in [4.78, 5) is 13.8. The van der Waals surface area contributed by atoms with E-state index >= 15 is 0 Å². The summed E-state index contributed by atoms with van der Waals surface area (Å²) in [5.41, 5.74) is 0. The van der Waals surface area contributed by atoms with E-state index in [-0.39, 0.29) is 5.92 Å². The minimum atomic E-state index is 0.266. The van der Waals surface area contributed by atoms with E-state index in [4.69, 9.17) is 0 Å². The van der Waals surface area contributed by atoms with Gasteiger partial charge in [0.15, 0.2) is 0 Å². The minimum absolute atomic E-state index is 0.266. The highest BCUT2D eigenvalue weighted by Crippen LogP contribution is 2.17. The molecule has 0 aromatic heterocycles. The lowest BCUT2D eigenvalue weighted by Gasteiger charge is -2.30. The number of rotatable bonds is 5. The van der Waals surface area contributed by atoms with Gasteiger partial charge < -0.3 is 4.90 Å². The Labute approximate surface area is 91.4 Å². The van der Waals surface area contributed by atoms with Gasteiger partial charge in [0.05, 0.1) is 0 Å². The van der Waals surface area contributed by atoms with Gasteiger partial charge in [0.2, 0.25) is 5.91 Å². The Bertz CT molecular complexity index is 184. The maximum atomic E-state index is 11.7. The molecule has 1 amide bonds. The second kappa shape index (κ2) is 6.33. The summed E-state index contributed by atoms with van der Waals surface area (Å²) in [6, 6.07) is 0. The molecule has 0 aromatic carbocycles. The van der Waals surface area contributed by atoms with Gasteiger partial charge in [-0.25, -0.2) is 0 Å². The average molecular weight is 215 g/mol. The molecule has 0 N–H and O–H groups in total. The number of amides is 1. The Morgan fingerprint density at radius 1 is 1.57 bits per heavy atom. The average Bonchev–Trinajstić information content (AvgIpc) is 2.19. The van der Waals surface area contributed by atoms with Crippen LogP contribution in [0.3, 0.4) is 0 Å². The van der Waals surface area contributed by atoms with Crippen molar-refractivity contribution >= 4 is 17.7 Å². The van der Waals surface area contributed by atoms with E-state index in [0.29, 0.717) is 5.91 Å². The first-order valence-electron chi connectivity index (χ1n) is 5.62. The van der Waals surface area contributed by atoms with Crippen LogP contribution < -0.4 is 0 Å². The fourth-order valence-electron chi connectivity index (χ4n) is 1.86. The van der Waals surface area contributed by atoms with Crippen molar-refractivity contribution < 1.29 is 4.79 Å². The number of carbonyl (C=O) groups excluding carboxylic acids is 1. The number of carbonyl (C=O) groups is 1. The van der Waals surface area contributed by atoms with Crippen molar-refractivity contribution in [2.24, 2.45) is 5.92 Å². The molecule has 0 bridgehead atoms. The van der Waals surface area contributed by atoms with Crippen LogP contribution in [0.1, 0.15) is 33.1 Å². The molecule has 14 heavy (non-hydrogen) atoms. The van der Waals surface area contributed by atoms with Crippen LogP contribution in [0.2, 0.25) is 0 Å². The van der Waals surface area contributed by atoms with Gasteiger partial charge in [0.25, 0.3) is 0 Å². The molecule has 3 heteroatoms. The third kappa shape index (κ3) is 3.52. The molecule has 0 saturated carbocycles. The predicted octanol–water partition coefficient (Wildman–Crippen LogP) is 2.39. The van der Waals surface area contributed by atoms with E-state index in [1.54, 1.807) is 0 Å². The molecule has 1 unspecified atom stereocenters. The fourth-order valence-corrected chi connectivity index (χ4v) is 2.48. The smallest absolute Gasteiger partial charge is 0.225 e. The summed E-state index contributed by atoms with van der Waals surface area (Å²) in [5, 5.41) is 0. The van der Waals surface area contributed by atoms with E-state index in [0.717, 1.165) is 25.9 Å². The summed E-state index contributed by atoms with van der Waals surface area (Å²) in [6.07, 6.45) is 3.42. The van der Waals surface area contributed by atoms with Gasteiger partial charge >= 0.3 is 0 Å². The van der Waals surface area contributed by atoms with Gasteiger partial charge in [-0.15, -0.1) is 0 Å². The Morgan fingerprint density at radius 2 is 2.36 bits per heavy atom. The number of piperidine rings is 1. The first-order valence-corrected chi connectivity index (χ1v) is 6.77. The second-order valence-electron chi connectivity index (χ2n) is 3.92. The van der Waals surface area contributed by atoms with Crippen molar-refractivity contribution in [2.45, 2.75) is 33.1 Å². The van der Waals surface area contributed by atoms with Gasteiger partial charge in [0.1, 0.15) is 0 Å². The monoisotopic (exact) mass is 215 g/mol. The molecule has 2 nitrogen and oxygen atoms in total. The highest BCUT2D eigenvalue weighted by Gasteiger charge is 2.24. The maximum absolute atomic E-state index is 11.7. The lowest BCUT2D eigenvalue weighted by Crippen LogP contribution is -2.40. The van der Waals surface area contributed by atoms with Crippen molar-refractivity contribution in [1.82, 2.24) is 4.90 Å². The SMILES string of the molecule is CCSCCCN1CCCC(C)C1=O. The van der Waals surface area contributed by atoms with Crippen molar-refractivity contribution in [3.8, 4) is 0 Å². The standard InChI is InChI=1S/C11H21NOS/c1-3-14-9-5-8-12-7-4-6-10(2)11(12)13/h10H,3-9H2,1-2H3. The van der Waals surface area contributed by atoms with Gasteiger partial charge in [-0.1, -0.05) is 13.8 Å². The number of hydrogen-bond acceptors (Lipinski definition) is 2. The summed E-state index contributed by atoms with van der Waals surface area (Å²) in [7, 11) is 0. The Hall–Kier alpha value is -0.180. The third-order valence-electron chi connectivity index (χ3n) is 2.72. The molecule has 1 fully saturated rings. The highest BCUT2D eigenvalue weighted by atomic mass is 32.2. The third-order valence-corrected chi connectivity index (χ3v) is 3.70. The van der Waals surface area contributed by atoms with Crippen molar-refractivity contribution in [2.75, 3.05) is 24.6 Å². The number of likely N-dealkylation sites (tertiary alicyclic amines) is 1. The largest absolute Gasteiger partial charge is 0.342 e. The molecule has 1 saturated heterocycles. The molecule has 1 atom stereocenters. The molecule has 0 aliphatic carbocycles. The van der Waals surface area contributed by atoms with Crippen LogP contribution in [0.15, 0.2) is 0 Å². The Morgan fingerprint density at radius 3 is 3.07 bits per heavy atom. The Kier molecular flexibility index (Phi) is 5.38. The maximum Gasteiger partial charge on any atom is 0.225 e. The second-order valence-corrected chi connectivity index (χ2v) is 5.31. The normalized spacial score (nSPS) is 22.9. The zero-order valence-corrected chi connectivity index (χ0v) is 10.1. The first kappa shape index (κ1) is 11.9.